The van der Waals surface area contributed by atoms with Crippen molar-refractivity contribution in [3.8, 4) is 22.9 Å². The molecule has 3 aromatic heterocycles. The summed E-state index contributed by atoms with van der Waals surface area (Å²) in [5, 5.41) is 4.39. The zero-order chi connectivity index (χ0) is 23.3. The molecule has 4 heterocycles. The summed E-state index contributed by atoms with van der Waals surface area (Å²) < 4.78 is 40.3. The second-order valence-electron chi connectivity index (χ2n) is 8.16. The van der Waals surface area contributed by atoms with Crippen LogP contribution in [0.3, 0.4) is 0 Å². The van der Waals surface area contributed by atoms with Gasteiger partial charge in [0, 0.05) is 17.4 Å². The first-order valence-corrected chi connectivity index (χ1v) is 10.9. The average molecular weight is 462 g/mol. The minimum absolute atomic E-state index is 0.0718. The van der Waals surface area contributed by atoms with E-state index in [0.717, 1.165) is 54.5 Å². The molecule has 0 atom stereocenters. The lowest BCUT2D eigenvalue weighted by Gasteiger charge is -2.36. The Morgan fingerprint density at radius 1 is 0.853 bits per heavy atom. The highest BCUT2D eigenvalue weighted by molar-refractivity contribution is 5.87. The summed E-state index contributed by atoms with van der Waals surface area (Å²) >= 11 is 0. The molecule has 2 N–H and O–H groups in total. The van der Waals surface area contributed by atoms with Crippen molar-refractivity contribution in [3.63, 3.8) is 0 Å². The third kappa shape index (κ3) is 3.65. The molecule has 0 saturated carbocycles. The molecule has 5 aromatic rings. The molecule has 0 spiro atoms. The van der Waals surface area contributed by atoms with Gasteiger partial charge in [0.2, 0.25) is 0 Å². The van der Waals surface area contributed by atoms with Crippen molar-refractivity contribution in [2.45, 2.75) is 6.18 Å². The molecule has 10 heteroatoms. The summed E-state index contributed by atoms with van der Waals surface area (Å²) in [6, 6.07) is 13.8. The average Bonchev–Trinajstić information content (AvgIpc) is 3.47. The van der Waals surface area contributed by atoms with Crippen LogP contribution in [0.4, 0.5) is 18.9 Å². The summed E-state index contributed by atoms with van der Waals surface area (Å²) in [5.74, 6) is 0.746. The van der Waals surface area contributed by atoms with Crippen LogP contribution >= 0.6 is 0 Å². The van der Waals surface area contributed by atoms with Crippen molar-refractivity contribution in [2.24, 2.45) is 0 Å². The van der Waals surface area contributed by atoms with E-state index in [1.807, 2.05) is 18.2 Å². The van der Waals surface area contributed by atoms with Crippen molar-refractivity contribution < 1.29 is 13.2 Å². The molecule has 0 unspecified atom stereocenters. The highest BCUT2D eigenvalue weighted by Crippen LogP contribution is 2.35. The van der Waals surface area contributed by atoms with E-state index in [4.69, 9.17) is 4.98 Å². The molecule has 0 bridgehead atoms. The zero-order valence-electron chi connectivity index (χ0n) is 17.9. The van der Waals surface area contributed by atoms with E-state index in [1.54, 1.807) is 6.07 Å². The Kier molecular flexibility index (Phi) is 4.77. The highest BCUT2D eigenvalue weighted by Gasteiger charge is 2.35. The number of nitrogens with one attached hydrogen (secondary N) is 2. The van der Waals surface area contributed by atoms with Gasteiger partial charge < -0.3 is 20.2 Å². The fourth-order valence-corrected chi connectivity index (χ4v) is 4.29. The minimum atomic E-state index is -4.52. The van der Waals surface area contributed by atoms with Crippen LogP contribution in [0.25, 0.3) is 50.3 Å². The fourth-order valence-electron chi connectivity index (χ4n) is 4.29. The Hall–Kier alpha value is -3.92. The summed E-state index contributed by atoms with van der Waals surface area (Å²) in [6.07, 6.45) is -3.20. The van der Waals surface area contributed by atoms with Gasteiger partial charge in [0.25, 0.3) is 0 Å². The lowest BCUT2D eigenvalue weighted by atomic mass is 10.2. The maximum absolute atomic E-state index is 13.4. The number of pyridine rings is 1. The standard InChI is InChI=1S/C24H19F3N7/c25-24(26,27)16-2-1-7-29-21(16)23-31-17-5-3-14(12-19(17)33-23)22-30-18-6-4-15(13-20(18)32-22)34-10-8-28-9-11-34/h1-7,12-13H,8-11H2,(H,30,32)(H,31,33)/q-1. The van der Waals surface area contributed by atoms with Gasteiger partial charge in [-0.3, -0.25) is 4.98 Å². The third-order valence-corrected chi connectivity index (χ3v) is 5.98. The number of rotatable bonds is 3. The number of halogens is 3. The van der Waals surface area contributed by atoms with Crippen molar-refractivity contribution in [1.82, 2.24) is 24.9 Å². The number of hydrogen-bond donors (Lipinski definition) is 2. The maximum atomic E-state index is 13.4. The molecule has 2 aromatic carbocycles. The number of aromatic nitrogens is 5. The summed E-state index contributed by atoms with van der Waals surface area (Å²) in [4.78, 5) is 21.6. The SMILES string of the molecule is FC(F)(F)c1cccnc1-c1nc2ccc(-c3nc4ccc(N5CC[N-]CC5)cc4[nH]3)cc2[nH]1. The van der Waals surface area contributed by atoms with Gasteiger partial charge in [-0.05, 0) is 61.6 Å². The molecular formula is C24H19F3N7-. The van der Waals surface area contributed by atoms with E-state index in [0.29, 0.717) is 16.9 Å². The Labute approximate surface area is 192 Å². The third-order valence-electron chi connectivity index (χ3n) is 5.98. The number of nitrogens with zero attached hydrogens (tertiary/aromatic N) is 5. The number of hydrogen-bond acceptors (Lipinski definition) is 4. The van der Waals surface area contributed by atoms with Crippen LogP contribution in [-0.4, -0.2) is 51.1 Å². The number of H-pyrrole nitrogens is 2. The number of alkyl halides is 3. The van der Waals surface area contributed by atoms with Crippen molar-refractivity contribution >= 4 is 27.8 Å². The van der Waals surface area contributed by atoms with E-state index in [1.165, 1.54) is 12.3 Å². The molecule has 1 saturated heterocycles. The van der Waals surface area contributed by atoms with E-state index >= 15 is 0 Å². The van der Waals surface area contributed by atoms with Gasteiger partial charge in [0.1, 0.15) is 11.5 Å². The Morgan fingerprint density at radius 3 is 2.35 bits per heavy atom. The molecule has 1 aliphatic rings. The second kappa shape index (κ2) is 7.84. The van der Waals surface area contributed by atoms with Gasteiger partial charge in [0.05, 0.1) is 27.6 Å². The molecule has 7 nitrogen and oxygen atoms in total. The fraction of sp³-hybridized carbons (Fsp3) is 0.208. The van der Waals surface area contributed by atoms with E-state index < -0.39 is 11.7 Å². The van der Waals surface area contributed by atoms with Gasteiger partial charge in [0.15, 0.2) is 5.82 Å². The van der Waals surface area contributed by atoms with Crippen LogP contribution in [0.2, 0.25) is 0 Å². The Morgan fingerprint density at radius 2 is 1.56 bits per heavy atom. The van der Waals surface area contributed by atoms with Crippen molar-refractivity contribution in [1.29, 1.82) is 0 Å². The first kappa shape index (κ1) is 20.7. The van der Waals surface area contributed by atoms with Crippen LogP contribution in [-0.2, 0) is 6.18 Å². The monoisotopic (exact) mass is 462 g/mol. The smallest absolute Gasteiger partial charge is 0.418 e. The number of piperazine rings is 1. The molecule has 34 heavy (non-hydrogen) atoms. The minimum Gasteiger partial charge on any atom is -0.659 e. The molecule has 6 rings (SSSR count). The number of benzene rings is 2. The number of fused-ring (bicyclic) bond motifs is 2. The van der Waals surface area contributed by atoms with E-state index in [2.05, 4.69) is 42.3 Å². The molecule has 0 aliphatic carbocycles. The molecule has 172 valence electrons. The Balaban J connectivity index is 1.36. The lowest BCUT2D eigenvalue weighted by molar-refractivity contribution is -0.137. The predicted molar refractivity (Wildman–Crippen MR) is 125 cm³/mol. The quantitative estimate of drug-likeness (QED) is 0.377. The molecular weight excluding hydrogens is 443 g/mol. The normalized spacial score (nSPS) is 14.9. The van der Waals surface area contributed by atoms with Crippen molar-refractivity contribution in [3.05, 3.63) is 65.6 Å². The maximum Gasteiger partial charge on any atom is 0.418 e. The van der Waals surface area contributed by atoms with Gasteiger partial charge >= 0.3 is 6.18 Å². The van der Waals surface area contributed by atoms with Gasteiger partial charge in [-0.2, -0.15) is 13.2 Å². The number of aromatic amines is 2. The van der Waals surface area contributed by atoms with E-state index in [-0.39, 0.29) is 11.5 Å². The second-order valence-corrected chi connectivity index (χ2v) is 8.16. The van der Waals surface area contributed by atoms with Gasteiger partial charge in [-0.25, -0.2) is 9.97 Å². The Bertz CT molecular complexity index is 1500. The van der Waals surface area contributed by atoms with Crippen molar-refractivity contribution in [2.75, 3.05) is 31.1 Å². The molecule has 1 aliphatic heterocycles. The lowest BCUT2D eigenvalue weighted by Crippen LogP contribution is -2.33. The van der Waals surface area contributed by atoms with Gasteiger partial charge in [-0.15, -0.1) is 13.1 Å². The first-order valence-electron chi connectivity index (χ1n) is 10.9. The van der Waals surface area contributed by atoms with Crippen LogP contribution in [0.5, 0.6) is 0 Å². The summed E-state index contributed by atoms with van der Waals surface area (Å²) in [7, 11) is 0. The highest BCUT2D eigenvalue weighted by atomic mass is 19.4. The largest absolute Gasteiger partial charge is 0.659 e. The van der Waals surface area contributed by atoms with Crippen LogP contribution in [0.1, 0.15) is 5.56 Å². The zero-order valence-corrected chi connectivity index (χ0v) is 17.9. The number of anilines is 1. The summed E-state index contributed by atoms with van der Waals surface area (Å²) in [6.45, 7) is 3.47. The summed E-state index contributed by atoms with van der Waals surface area (Å²) in [5.41, 5.74) is 3.78. The predicted octanol–water partition coefficient (Wildman–Crippen LogP) is 5.38. The number of imidazole rings is 2. The van der Waals surface area contributed by atoms with Gasteiger partial charge in [-0.1, -0.05) is 0 Å². The first-order chi connectivity index (χ1) is 16.5. The topological polar surface area (TPSA) is 87.6 Å². The van der Waals surface area contributed by atoms with Crippen LogP contribution in [0, 0.1) is 0 Å². The van der Waals surface area contributed by atoms with Crippen LogP contribution in [0.15, 0.2) is 54.7 Å². The molecule has 0 amide bonds. The molecule has 0 radical (unpaired) electrons. The van der Waals surface area contributed by atoms with E-state index in [9.17, 15) is 13.2 Å². The van der Waals surface area contributed by atoms with Crippen LogP contribution < -0.4 is 4.90 Å². The molecule has 1 fully saturated rings.